The van der Waals surface area contributed by atoms with Crippen molar-refractivity contribution in [1.82, 2.24) is 0 Å². The maximum Gasteiger partial charge on any atom is 0.234 e. The van der Waals surface area contributed by atoms with Gasteiger partial charge >= 0.3 is 0 Å². The van der Waals surface area contributed by atoms with Crippen LogP contribution >= 0.6 is 0 Å². The molecule has 0 saturated carbocycles. The van der Waals surface area contributed by atoms with Crippen LogP contribution < -0.4 is 0 Å². The van der Waals surface area contributed by atoms with E-state index in [2.05, 4.69) is 0 Å². The van der Waals surface area contributed by atoms with Gasteiger partial charge in [0.2, 0.25) is 11.6 Å². The van der Waals surface area contributed by atoms with E-state index in [-0.39, 0.29) is 28.7 Å². The summed E-state index contributed by atoms with van der Waals surface area (Å²) in [5.74, 6) is -1.57. The number of aryl methyl sites for hydroxylation is 1. The highest BCUT2D eigenvalue weighted by Crippen LogP contribution is 2.35. The number of fused-ring (bicyclic) bond motifs is 1. The first-order valence-corrected chi connectivity index (χ1v) is 8.19. The third-order valence-electron chi connectivity index (χ3n) is 4.37. The van der Waals surface area contributed by atoms with E-state index in [0.29, 0.717) is 11.1 Å². The molecule has 1 aliphatic rings. The lowest BCUT2D eigenvalue weighted by atomic mass is 9.80. The van der Waals surface area contributed by atoms with Crippen LogP contribution in [-0.4, -0.2) is 27.9 Å². The minimum atomic E-state index is -0.653. The Labute approximate surface area is 142 Å². The number of benzene rings is 1. The molecule has 24 heavy (non-hydrogen) atoms. The summed E-state index contributed by atoms with van der Waals surface area (Å²) in [6.07, 6.45) is 2.63. The Bertz CT molecular complexity index is 751. The van der Waals surface area contributed by atoms with Crippen LogP contribution in [0.3, 0.4) is 0 Å². The molecule has 1 atom stereocenters. The van der Waals surface area contributed by atoms with Crippen molar-refractivity contribution < 1.29 is 19.8 Å². The van der Waals surface area contributed by atoms with Crippen molar-refractivity contribution in [3.63, 3.8) is 0 Å². The second-order valence-corrected chi connectivity index (χ2v) is 6.89. The van der Waals surface area contributed by atoms with E-state index in [4.69, 9.17) is 0 Å². The van der Waals surface area contributed by atoms with Crippen LogP contribution in [0.2, 0.25) is 0 Å². The Morgan fingerprint density at radius 1 is 1.04 bits per heavy atom. The molecule has 2 N–H and O–H groups in total. The molecule has 0 radical (unpaired) electrons. The molecule has 0 unspecified atom stereocenters. The quantitative estimate of drug-likeness (QED) is 0.826. The summed E-state index contributed by atoms with van der Waals surface area (Å²) in [4.78, 5) is 25.0. The Hall–Kier alpha value is -2.20. The van der Waals surface area contributed by atoms with Gasteiger partial charge in [0.1, 0.15) is 5.76 Å². The zero-order valence-electron chi connectivity index (χ0n) is 14.8. The molecule has 1 aromatic carbocycles. The van der Waals surface area contributed by atoms with E-state index in [1.54, 1.807) is 38.1 Å². The highest BCUT2D eigenvalue weighted by molar-refractivity contribution is 6.52. The molecule has 0 aromatic heterocycles. The normalized spacial score (nSPS) is 16.5. The predicted molar refractivity (Wildman–Crippen MR) is 94.8 cm³/mol. The summed E-state index contributed by atoms with van der Waals surface area (Å²) in [6, 6.07) is 3.47. The topological polar surface area (TPSA) is 74.6 Å². The van der Waals surface area contributed by atoms with Crippen LogP contribution in [0.1, 0.15) is 54.7 Å². The minimum absolute atomic E-state index is 0.0410. The first kappa shape index (κ1) is 18.1. The van der Waals surface area contributed by atoms with Gasteiger partial charge in [0.05, 0.1) is 6.10 Å². The lowest BCUT2D eigenvalue weighted by Gasteiger charge is -2.22. The lowest BCUT2D eigenvalue weighted by Crippen LogP contribution is -2.27. The number of hydrogen-bond donors (Lipinski definition) is 2. The van der Waals surface area contributed by atoms with Crippen LogP contribution in [-0.2, 0) is 4.79 Å². The summed E-state index contributed by atoms with van der Waals surface area (Å²) < 4.78 is 0. The molecular weight excluding hydrogens is 304 g/mol. The van der Waals surface area contributed by atoms with Crippen LogP contribution in [0.25, 0.3) is 11.8 Å². The molecule has 0 spiro atoms. The first-order chi connectivity index (χ1) is 11.2. The fraction of sp³-hybridized carbons (Fsp3) is 0.400. The molecular formula is C20H24O4. The van der Waals surface area contributed by atoms with Crippen LogP contribution in [0, 0.1) is 18.8 Å². The van der Waals surface area contributed by atoms with E-state index in [1.807, 2.05) is 20.8 Å². The smallest absolute Gasteiger partial charge is 0.234 e. The molecule has 0 bridgehead atoms. The van der Waals surface area contributed by atoms with Gasteiger partial charge in [-0.2, -0.15) is 0 Å². The van der Waals surface area contributed by atoms with E-state index < -0.39 is 17.7 Å². The average Bonchev–Trinajstić information content (AvgIpc) is 2.50. The van der Waals surface area contributed by atoms with Crippen molar-refractivity contribution in [2.24, 2.45) is 11.8 Å². The van der Waals surface area contributed by atoms with Crippen LogP contribution in [0.4, 0.5) is 0 Å². The van der Waals surface area contributed by atoms with E-state index >= 15 is 0 Å². The van der Waals surface area contributed by atoms with Crippen molar-refractivity contribution in [3.8, 4) is 0 Å². The van der Waals surface area contributed by atoms with Crippen molar-refractivity contribution in [1.29, 1.82) is 0 Å². The maximum atomic E-state index is 12.6. The molecule has 1 aliphatic carbocycles. The van der Waals surface area contributed by atoms with Gasteiger partial charge in [-0.3, -0.25) is 9.59 Å². The molecule has 0 fully saturated rings. The van der Waals surface area contributed by atoms with Crippen LogP contribution in [0.5, 0.6) is 0 Å². The van der Waals surface area contributed by atoms with Crippen molar-refractivity contribution in [3.05, 3.63) is 46.0 Å². The zero-order valence-corrected chi connectivity index (χ0v) is 14.8. The number of carbonyl (C=O) groups is 2. The standard InChI is InChI=1S/C20H24O4/c1-10(2)15(21)9-8-13-12(5)6-7-14-17(13)20(24)19(23)16(11(3)4)18(14)22/h6-11,15,21-22H,1-5H3/b9-8-/t15-/m0/s1. The molecule has 2 rings (SSSR count). The van der Waals surface area contributed by atoms with Gasteiger partial charge in [0.25, 0.3) is 0 Å². The summed E-state index contributed by atoms with van der Waals surface area (Å²) in [5.41, 5.74) is 2.14. The van der Waals surface area contributed by atoms with Gasteiger partial charge in [-0.25, -0.2) is 0 Å². The van der Waals surface area contributed by atoms with Gasteiger partial charge in [0.15, 0.2) is 0 Å². The molecule has 0 amide bonds. The van der Waals surface area contributed by atoms with E-state index in [9.17, 15) is 19.8 Å². The number of allylic oxidation sites excluding steroid dienone is 1. The van der Waals surface area contributed by atoms with Crippen LogP contribution in [0.15, 0.2) is 23.8 Å². The summed E-state index contributed by atoms with van der Waals surface area (Å²) >= 11 is 0. The summed E-state index contributed by atoms with van der Waals surface area (Å²) in [7, 11) is 0. The maximum absolute atomic E-state index is 12.6. The summed E-state index contributed by atoms with van der Waals surface area (Å²) in [5, 5.41) is 20.5. The largest absolute Gasteiger partial charge is 0.507 e. The fourth-order valence-corrected chi connectivity index (χ4v) is 2.82. The second-order valence-electron chi connectivity index (χ2n) is 6.89. The highest BCUT2D eigenvalue weighted by Gasteiger charge is 2.35. The molecule has 0 aliphatic heterocycles. The van der Waals surface area contributed by atoms with Gasteiger partial charge in [0, 0.05) is 16.7 Å². The lowest BCUT2D eigenvalue weighted by molar-refractivity contribution is -0.112. The molecule has 0 heterocycles. The third kappa shape index (κ3) is 3.06. The molecule has 1 aromatic rings. The number of carbonyl (C=O) groups excluding carboxylic acids is 2. The van der Waals surface area contributed by atoms with Gasteiger partial charge in [-0.05, 0) is 29.9 Å². The summed E-state index contributed by atoms with van der Waals surface area (Å²) in [6.45, 7) is 9.16. The highest BCUT2D eigenvalue weighted by atomic mass is 16.3. The Morgan fingerprint density at radius 2 is 1.67 bits per heavy atom. The number of Topliss-reactive ketones (excluding diaryl/α,β-unsaturated/α-hetero) is 2. The number of aliphatic hydroxyl groups excluding tert-OH is 2. The zero-order chi connectivity index (χ0) is 18.2. The van der Waals surface area contributed by atoms with Gasteiger partial charge in [-0.15, -0.1) is 0 Å². The molecule has 0 saturated heterocycles. The third-order valence-corrected chi connectivity index (χ3v) is 4.37. The number of ketones is 2. The van der Waals surface area contributed by atoms with Crippen molar-refractivity contribution >= 4 is 23.4 Å². The van der Waals surface area contributed by atoms with E-state index in [1.165, 1.54) is 0 Å². The Morgan fingerprint density at radius 3 is 2.21 bits per heavy atom. The first-order valence-electron chi connectivity index (χ1n) is 8.19. The van der Waals surface area contributed by atoms with Gasteiger partial charge < -0.3 is 10.2 Å². The SMILES string of the molecule is Cc1ccc2c(c1/C=C\[C@H](O)C(C)C)C(=O)C(=O)C(C(C)C)=C2O. The minimum Gasteiger partial charge on any atom is -0.507 e. The number of rotatable bonds is 4. The second kappa shape index (κ2) is 6.73. The van der Waals surface area contributed by atoms with Crippen molar-refractivity contribution in [2.45, 2.75) is 40.7 Å². The van der Waals surface area contributed by atoms with E-state index in [0.717, 1.165) is 5.56 Å². The fourth-order valence-electron chi connectivity index (χ4n) is 2.82. The predicted octanol–water partition coefficient (Wildman–Crippen LogP) is 3.72. The number of hydrogen-bond acceptors (Lipinski definition) is 4. The molecule has 4 heteroatoms. The Kier molecular flexibility index (Phi) is 5.09. The molecule has 128 valence electrons. The van der Waals surface area contributed by atoms with Crippen molar-refractivity contribution in [2.75, 3.05) is 0 Å². The average molecular weight is 328 g/mol. The number of aliphatic hydroxyl groups is 2. The monoisotopic (exact) mass is 328 g/mol. The van der Waals surface area contributed by atoms with Gasteiger partial charge in [-0.1, -0.05) is 52.0 Å². The Balaban J connectivity index is 2.68. The molecule has 4 nitrogen and oxygen atoms in total.